The maximum absolute atomic E-state index is 11.2. The van der Waals surface area contributed by atoms with E-state index in [9.17, 15) is 9.59 Å². The highest BCUT2D eigenvalue weighted by Gasteiger charge is 2.07. The maximum Gasteiger partial charge on any atom is 0.513 e. The summed E-state index contributed by atoms with van der Waals surface area (Å²) in [6, 6.07) is 6.35. The SMILES string of the molecule is CCOC(=O)Nc1cccc(OC(=O)OCC)c1. The number of carbonyl (C=O) groups is 2. The van der Waals surface area contributed by atoms with E-state index in [1.807, 2.05) is 0 Å². The molecule has 0 aliphatic heterocycles. The van der Waals surface area contributed by atoms with Crippen LogP contribution in [0.2, 0.25) is 0 Å². The van der Waals surface area contributed by atoms with Gasteiger partial charge >= 0.3 is 12.2 Å². The van der Waals surface area contributed by atoms with Crippen LogP contribution in [0, 0.1) is 0 Å². The molecule has 1 rings (SSSR count). The lowest BCUT2D eigenvalue weighted by atomic mass is 10.3. The minimum absolute atomic E-state index is 0.236. The Labute approximate surface area is 105 Å². The molecule has 0 aromatic heterocycles. The second-order valence-corrected chi connectivity index (χ2v) is 3.16. The van der Waals surface area contributed by atoms with Gasteiger partial charge in [0.25, 0.3) is 0 Å². The fourth-order valence-electron chi connectivity index (χ4n) is 1.17. The van der Waals surface area contributed by atoms with Crippen molar-refractivity contribution in [1.82, 2.24) is 0 Å². The fraction of sp³-hybridized carbons (Fsp3) is 0.333. The molecule has 0 unspecified atom stereocenters. The van der Waals surface area contributed by atoms with Gasteiger partial charge in [0.2, 0.25) is 0 Å². The lowest BCUT2D eigenvalue weighted by molar-refractivity contribution is 0.104. The number of carbonyl (C=O) groups excluding carboxylic acids is 2. The first-order valence-electron chi connectivity index (χ1n) is 5.54. The first kappa shape index (κ1) is 13.8. The Morgan fingerprint density at radius 2 is 1.89 bits per heavy atom. The Balaban J connectivity index is 2.61. The van der Waals surface area contributed by atoms with Gasteiger partial charge in [0, 0.05) is 11.8 Å². The summed E-state index contributed by atoms with van der Waals surface area (Å²) in [7, 11) is 0. The molecule has 1 aromatic rings. The molecule has 0 heterocycles. The summed E-state index contributed by atoms with van der Waals surface area (Å²) in [6.45, 7) is 3.91. The summed E-state index contributed by atoms with van der Waals surface area (Å²) in [4.78, 5) is 22.3. The fourth-order valence-corrected chi connectivity index (χ4v) is 1.17. The number of hydrogen-bond acceptors (Lipinski definition) is 5. The van der Waals surface area contributed by atoms with E-state index in [-0.39, 0.29) is 19.0 Å². The lowest BCUT2D eigenvalue weighted by Gasteiger charge is -2.07. The van der Waals surface area contributed by atoms with Crippen LogP contribution in [0.5, 0.6) is 5.75 Å². The van der Waals surface area contributed by atoms with Crippen LogP contribution in [0.1, 0.15) is 13.8 Å². The van der Waals surface area contributed by atoms with E-state index in [2.05, 4.69) is 10.1 Å². The maximum atomic E-state index is 11.2. The van der Waals surface area contributed by atoms with Crippen LogP contribution in [0.3, 0.4) is 0 Å². The van der Waals surface area contributed by atoms with Gasteiger partial charge in [-0.05, 0) is 26.0 Å². The zero-order valence-corrected chi connectivity index (χ0v) is 10.3. The Kier molecular flexibility index (Phi) is 5.50. The molecule has 0 aliphatic rings. The molecular weight excluding hydrogens is 238 g/mol. The predicted molar refractivity (Wildman–Crippen MR) is 64.7 cm³/mol. The van der Waals surface area contributed by atoms with E-state index >= 15 is 0 Å². The minimum atomic E-state index is -0.786. The van der Waals surface area contributed by atoms with Crippen LogP contribution >= 0.6 is 0 Å². The molecule has 0 spiro atoms. The number of rotatable bonds is 4. The van der Waals surface area contributed by atoms with Crippen LogP contribution in [0.25, 0.3) is 0 Å². The molecule has 98 valence electrons. The third-order valence-electron chi connectivity index (χ3n) is 1.82. The lowest BCUT2D eigenvalue weighted by Crippen LogP contribution is -2.14. The Morgan fingerprint density at radius 3 is 2.56 bits per heavy atom. The second-order valence-electron chi connectivity index (χ2n) is 3.16. The molecule has 0 bridgehead atoms. The van der Waals surface area contributed by atoms with Gasteiger partial charge in [-0.1, -0.05) is 6.07 Å². The monoisotopic (exact) mass is 253 g/mol. The first-order valence-corrected chi connectivity index (χ1v) is 5.54. The zero-order chi connectivity index (χ0) is 13.4. The topological polar surface area (TPSA) is 73.9 Å². The van der Waals surface area contributed by atoms with Crippen molar-refractivity contribution in [3.05, 3.63) is 24.3 Å². The molecule has 0 saturated heterocycles. The molecule has 0 saturated carbocycles. The smallest absolute Gasteiger partial charge is 0.450 e. The van der Waals surface area contributed by atoms with Crippen LogP contribution in [0.4, 0.5) is 15.3 Å². The molecule has 6 heteroatoms. The van der Waals surface area contributed by atoms with Gasteiger partial charge in [0.05, 0.1) is 13.2 Å². The Morgan fingerprint density at radius 1 is 1.17 bits per heavy atom. The molecule has 1 aromatic carbocycles. The summed E-state index contributed by atoms with van der Waals surface area (Å²) in [5.41, 5.74) is 0.468. The van der Waals surface area contributed by atoms with Gasteiger partial charge in [-0.2, -0.15) is 0 Å². The minimum Gasteiger partial charge on any atom is -0.450 e. The predicted octanol–water partition coefficient (Wildman–Crippen LogP) is 2.79. The largest absolute Gasteiger partial charge is 0.513 e. The normalized spacial score (nSPS) is 9.44. The number of amides is 1. The Hall–Kier alpha value is -2.24. The molecule has 0 aliphatic carbocycles. The molecule has 1 N–H and O–H groups in total. The highest BCUT2D eigenvalue weighted by atomic mass is 16.7. The summed E-state index contributed by atoms with van der Waals surface area (Å²) < 4.78 is 14.2. The summed E-state index contributed by atoms with van der Waals surface area (Å²) >= 11 is 0. The number of ether oxygens (including phenoxy) is 3. The number of nitrogens with one attached hydrogen (secondary N) is 1. The van der Waals surface area contributed by atoms with Gasteiger partial charge in [0.1, 0.15) is 5.75 Å². The van der Waals surface area contributed by atoms with Gasteiger partial charge in [-0.3, -0.25) is 5.32 Å². The third kappa shape index (κ3) is 4.73. The summed E-state index contributed by atoms with van der Waals surface area (Å²) in [5, 5.41) is 2.50. The van der Waals surface area contributed by atoms with Crippen LogP contribution in [-0.2, 0) is 9.47 Å². The second kappa shape index (κ2) is 7.16. The van der Waals surface area contributed by atoms with Gasteiger partial charge in [-0.25, -0.2) is 9.59 Å². The van der Waals surface area contributed by atoms with Crippen molar-refractivity contribution in [3.63, 3.8) is 0 Å². The van der Waals surface area contributed by atoms with E-state index in [1.54, 1.807) is 32.0 Å². The van der Waals surface area contributed by atoms with Gasteiger partial charge in [-0.15, -0.1) is 0 Å². The third-order valence-corrected chi connectivity index (χ3v) is 1.82. The molecule has 1 amide bonds. The van der Waals surface area contributed by atoms with Crippen molar-refractivity contribution < 1.29 is 23.8 Å². The molecule has 18 heavy (non-hydrogen) atoms. The van der Waals surface area contributed by atoms with Crippen LogP contribution in [0.15, 0.2) is 24.3 Å². The highest BCUT2D eigenvalue weighted by Crippen LogP contribution is 2.18. The van der Waals surface area contributed by atoms with Crippen molar-refractivity contribution in [2.45, 2.75) is 13.8 Å². The number of anilines is 1. The molecule has 0 atom stereocenters. The van der Waals surface area contributed by atoms with E-state index in [0.29, 0.717) is 5.69 Å². The quantitative estimate of drug-likeness (QED) is 0.659. The van der Waals surface area contributed by atoms with Crippen LogP contribution < -0.4 is 10.1 Å². The summed E-state index contributed by atoms with van der Waals surface area (Å²) in [6.07, 6.45) is -1.35. The molecule has 0 fully saturated rings. The van der Waals surface area contributed by atoms with E-state index < -0.39 is 12.2 Å². The zero-order valence-electron chi connectivity index (χ0n) is 10.3. The van der Waals surface area contributed by atoms with E-state index in [0.717, 1.165) is 0 Å². The standard InChI is InChI=1S/C12H15NO5/c1-3-16-11(14)13-9-6-5-7-10(8-9)18-12(15)17-4-2/h5-8H,3-4H2,1-2H3,(H,13,14). The average Bonchev–Trinajstić information content (AvgIpc) is 2.29. The highest BCUT2D eigenvalue weighted by molar-refractivity contribution is 5.84. The number of benzene rings is 1. The van der Waals surface area contributed by atoms with Crippen molar-refractivity contribution in [2.75, 3.05) is 18.5 Å². The molecular formula is C12H15NO5. The van der Waals surface area contributed by atoms with Crippen molar-refractivity contribution in [2.24, 2.45) is 0 Å². The summed E-state index contributed by atoms with van der Waals surface area (Å²) in [5.74, 6) is 0.280. The van der Waals surface area contributed by atoms with Crippen molar-refractivity contribution in [3.8, 4) is 5.75 Å². The molecule has 0 radical (unpaired) electrons. The van der Waals surface area contributed by atoms with Crippen molar-refractivity contribution in [1.29, 1.82) is 0 Å². The van der Waals surface area contributed by atoms with E-state index in [4.69, 9.17) is 9.47 Å². The average molecular weight is 253 g/mol. The van der Waals surface area contributed by atoms with Crippen molar-refractivity contribution >= 4 is 17.9 Å². The number of hydrogen-bond donors (Lipinski definition) is 1. The Bertz CT molecular complexity index is 383. The van der Waals surface area contributed by atoms with Gasteiger partial charge < -0.3 is 14.2 Å². The van der Waals surface area contributed by atoms with Gasteiger partial charge in [0.15, 0.2) is 0 Å². The van der Waals surface area contributed by atoms with Crippen LogP contribution in [-0.4, -0.2) is 25.5 Å². The first-order chi connectivity index (χ1) is 8.65. The molecule has 6 nitrogen and oxygen atoms in total. The van der Waals surface area contributed by atoms with E-state index in [1.165, 1.54) is 6.07 Å².